The first kappa shape index (κ1) is 18.5. The van der Waals surface area contributed by atoms with Crippen LogP contribution in [0.15, 0.2) is 36.5 Å². The second-order valence-corrected chi connectivity index (χ2v) is 8.46. The van der Waals surface area contributed by atoms with Gasteiger partial charge in [-0.15, -0.1) is 0 Å². The van der Waals surface area contributed by atoms with Gasteiger partial charge in [0.25, 0.3) is 0 Å². The predicted octanol–water partition coefficient (Wildman–Crippen LogP) is 4.16. The monoisotopic (exact) mass is 441 g/mol. The molecule has 0 amide bonds. The SMILES string of the molecule is C=[As]C(=CC)c1nn2c(c1-c1ccnc3cc(OCCCl)ccc13)CCC2. The van der Waals surface area contributed by atoms with Crippen molar-refractivity contribution in [2.24, 2.45) is 0 Å². The van der Waals surface area contributed by atoms with E-state index in [9.17, 15) is 0 Å². The van der Waals surface area contributed by atoms with Crippen molar-refractivity contribution in [1.29, 1.82) is 0 Å². The molecule has 0 fully saturated rings. The quantitative estimate of drug-likeness (QED) is 0.426. The van der Waals surface area contributed by atoms with Crippen LogP contribution in [0.2, 0.25) is 0 Å². The Labute approximate surface area is 170 Å². The maximum atomic E-state index is 5.73. The summed E-state index contributed by atoms with van der Waals surface area (Å²) >= 11 is 5.59. The van der Waals surface area contributed by atoms with Gasteiger partial charge < -0.3 is 0 Å². The third-order valence-electron chi connectivity index (χ3n) is 4.86. The Morgan fingerprint density at radius 1 is 1.41 bits per heavy atom. The fourth-order valence-corrected chi connectivity index (χ4v) is 4.79. The maximum absolute atomic E-state index is 5.73. The van der Waals surface area contributed by atoms with Crippen molar-refractivity contribution in [3.05, 3.63) is 47.9 Å². The molecule has 6 heteroatoms. The summed E-state index contributed by atoms with van der Waals surface area (Å²) in [5.41, 5.74) is 5.79. The van der Waals surface area contributed by atoms with E-state index in [0.29, 0.717) is 12.5 Å². The molecule has 0 N–H and O–H groups in total. The van der Waals surface area contributed by atoms with E-state index in [1.54, 1.807) is 0 Å². The molecule has 3 heterocycles. The molecule has 0 bridgehead atoms. The number of nitrogens with zero attached hydrogens (tertiary/aromatic N) is 3. The van der Waals surface area contributed by atoms with E-state index < -0.39 is 0 Å². The second kappa shape index (κ2) is 8.00. The third kappa shape index (κ3) is 3.37. The summed E-state index contributed by atoms with van der Waals surface area (Å²) in [4.78, 5) is 4.57. The number of hydrogen-bond acceptors (Lipinski definition) is 3. The second-order valence-electron chi connectivity index (χ2n) is 6.40. The van der Waals surface area contributed by atoms with Crippen LogP contribution in [-0.2, 0) is 13.0 Å². The molecule has 2 aromatic heterocycles. The molecule has 138 valence electrons. The molecule has 1 aromatic carbocycles. The molecule has 4 nitrogen and oxygen atoms in total. The number of halogens is 1. The number of ether oxygens (including phenoxy) is 1. The van der Waals surface area contributed by atoms with Crippen LogP contribution >= 0.6 is 11.6 Å². The van der Waals surface area contributed by atoms with Crippen LogP contribution in [0.4, 0.5) is 0 Å². The molecule has 0 spiro atoms. The summed E-state index contributed by atoms with van der Waals surface area (Å²) in [6.07, 6.45) is 6.25. The number of rotatable bonds is 6. The molecule has 3 aromatic rings. The van der Waals surface area contributed by atoms with Gasteiger partial charge in [-0.1, -0.05) is 0 Å². The molecular formula is C21H21AsClN3O. The van der Waals surface area contributed by atoms with E-state index in [1.165, 1.54) is 21.2 Å². The zero-order chi connectivity index (χ0) is 18.8. The van der Waals surface area contributed by atoms with Crippen LogP contribution < -0.4 is 4.74 Å². The average molecular weight is 442 g/mol. The molecule has 0 atom stereocenters. The summed E-state index contributed by atoms with van der Waals surface area (Å²) in [7, 11) is 0. The van der Waals surface area contributed by atoms with Gasteiger partial charge in [-0.05, 0) is 0 Å². The van der Waals surface area contributed by atoms with Crippen LogP contribution in [0.3, 0.4) is 0 Å². The zero-order valence-electron chi connectivity index (χ0n) is 15.3. The van der Waals surface area contributed by atoms with Crippen molar-refractivity contribution < 1.29 is 4.74 Å². The Kier molecular flexibility index (Phi) is 5.47. The zero-order valence-corrected chi connectivity index (χ0v) is 17.9. The van der Waals surface area contributed by atoms with Gasteiger partial charge in [0.1, 0.15) is 0 Å². The number of hydrogen-bond donors (Lipinski definition) is 0. The Balaban J connectivity index is 1.91. The first-order chi connectivity index (χ1) is 13.3. The van der Waals surface area contributed by atoms with E-state index in [0.717, 1.165) is 41.7 Å². The molecule has 0 saturated carbocycles. The molecule has 0 aliphatic carbocycles. The number of alkyl halides is 1. The van der Waals surface area contributed by atoms with E-state index in [2.05, 4.69) is 40.1 Å². The Hall–Kier alpha value is -1.90. The first-order valence-electron chi connectivity index (χ1n) is 9.07. The Bertz CT molecular complexity index is 1040. The molecule has 0 unspecified atom stereocenters. The topological polar surface area (TPSA) is 39.9 Å². The van der Waals surface area contributed by atoms with Gasteiger partial charge in [-0.3, -0.25) is 0 Å². The summed E-state index contributed by atoms with van der Waals surface area (Å²) in [5.74, 6) is 1.27. The van der Waals surface area contributed by atoms with Gasteiger partial charge in [0.2, 0.25) is 0 Å². The van der Waals surface area contributed by atoms with Gasteiger partial charge in [0, 0.05) is 0 Å². The third-order valence-corrected chi connectivity index (χ3v) is 6.71. The number of benzene rings is 1. The fourth-order valence-electron chi connectivity index (χ4n) is 3.69. The Morgan fingerprint density at radius 3 is 3.07 bits per heavy atom. The van der Waals surface area contributed by atoms with Crippen LogP contribution in [0, 0.1) is 0 Å². The fraction of sp³-hybridized carbons (Fsp3) is 0.286. The van der Waals surface area contributed by atoms with Gasteiger partial charge >= 0.3 is 171 Å². The minimum atomic E-state index is -0.146. The average Bonchev–Trinajstić information content (AvgIpc) is 3.28. The van der Waals surface area contributed by atoms with Gasteiger partial charge in [0.05, 0.1) is 0 Å². The molecule has 0 radical (unpaired) electrons. The molecule has 27 heavy (non-hydrogen) atoms. The molecule has 1 aliphatic heterocycles. The van der Waals surface area contributed by atoms with Crippen molar-refractivity contribution >= 4 is 47.5 Å². The van der Waals surface area contributed by atoms with Gasteiger partial charge in [-0.25, -0.2) is 0 Å². The molecule has 4 rings (SSSR count). The summed E-state index contributed by atoms with van der Waals surface area (Å²) < 4.78 is 9.11. The number of aryl methyl sites for hydroxylation is 1. The molecular weight excluding hydrogens is 421 g/mol. The first-order valence-corrected chi connectivity index (χ1v) is 11.9. The van der Waals surface area contributed by atoms with E-state index in [-0.39, 0.29) is 15.3 Å². The van der Waals surface area contributed by atoms with Crippen molar-refractivity contribution in [3.63, 3.8) is 0 Å². The summed E-state index contributed by atoms with van der Waals surface area (Å²) in [6.45, 7) is 3.56. The number of pyridine rings is 1. The minimum absolute atomic E-state index is 0.146. The van der Waals surface area contributed by atoms with E-state index >= 15 is 0 Å². The summed E-state index contributed by atoms with van der Waals surface area (Å²) in [5, 5.41) is 10.3. The van der Waals surface area contributed by atoms with Crippen molar-refractivity contribution in [3.8, 4) is 16.9 Å². The van der Waals surface area contributed by atoms with Crippen LogP contribution in [0.1, 0.15) is 24.7 Å². The normalized spacial score (nSPS) is 14.1. The van der Waals surface area contributed by atoms with Crippen molar-refractivity contribution in [2.45, 2.75) is 26.3 Å². The molecule has 1 aliphatic rings. The van der Waals surface area contributed by atoms with E-state index in [4.69, 9.17) is 21.4 Å². The Morgan fingerprint density at radius 2 is 2.30 bits per heavy atom. The van der Waals surface area contributed by atoms with Crippen LogP contribution in [-0.4, -0.2) is 47.9 Å². The van der Waals surface area contributed by atoms with Crippen LogP contribution in [0.25, 0.3) is 26.4 Å². The summed E-state index contributed by atoms with van der Waals surface area (Å²) in [6, 6.07) is 8.18. The van der Waals surface area contributed by atoms with Gasteiger partial charge in [0.15, 0.2) is 0 Å². The molecule has 0 saturated heterocycles. The standard InChI is InChI=1S/C21H21AsClN3O/c1-3-17(22-2)21-20(19-5-4-11-26(19)25-21)16-8-10-24-18-13-14(27-12-9-23)6-7-15(16)18/h3,6-8,10,13H,2,4-5,9,11-12H2,1H3. The van der Waals surface area contributed by atoms with Gasteiger partial charge in [-0.2, -0.15) is 0 Å². The number of aromatic nitrogens is 3. The van der Waals surface area contributed by atoms with Crippen molar-refractivity contribution in [1.82, 2.24) is 14.8 Å². The van der Waals surface area contributed by atoms with Crippen molar-refractivity contribution in [2.75, 3.05) is 12.5 Å². The number of fused-ring (bicyclic) bond motifs is 2. The predicted molar refractivity (Wildman–Crippen MR) is 114 cm³/mol. The van der Waals surface area contributed by atoms with E-state index in [1.807, 2.05) is 18.3 Å². The number of allylic oxidation sites excluding steroid dienone is 1. The van der Waals surface area contributed by atoms with Crippen LogP contribution in [0.5, 0.6) is 5.75 Å².